The highest BCUT2D eigenvalue weighted by Gasteiger charge is 2.27. The van der Waals surface area contributed by atoms with Gasteiger partial charge in [-0.2, -0.15) is 13.2 Å². The van der Waals surface area contributed by atoms with Gasteiger partial charge in [0.2, 0.25) is 5.91 Å². The van der Waals surface area contributed by atoms with E-state index >= 15 is 0 Å². The van der Waals surface area contributed by atoms with Crippen LogP contribution >= 0.6 is 0 Å². The zero-order chi connectivity index (χ0) is 18.3. The second-order valence-electron chi connectivity index (χ2n) is 5.45. The number of amides is 2. The first-order valence-corrected chi connectivity index (χ1v) is 7.76. The molecular formula is C16H19F3N2O4. The third kappa shape index (κ3) is 6.71. The Bertz CT molecular complexity index is 584. The lowest BCUT2D eigenvalue weighted by Crippen LogP contribution is -2.40. The average molecular weight is 360 g/mol. The van der Waals surface area contributed by atoms with Crippen molar-refractivity contribution < 1.29 is 32.2 Å². The quantitative estimate of drug-likeness (QED) is 0.789. The van der Waals surface area contributed by atoms with Gasteiger partial charge in [-0.3, -0.25) is 9.59 Å². The molecule has 1 heterocycles. The Morgan fingerprint density at radius 2 is 1.80 bits per heavy atom. The predicted octanol–water partition coefficient (Wildman–Crippen LogP) is 2.07. The summed E-state index contributed by atoms with van der Waals surface area (Å²) in [6, 6.07) is 6.32. The van der Waals surface area contributed by atoms with E-state index in [1.807, 2.05) is 0 Å². The SMILES string of the molecule is O=C(CCOCC(F)(F)F)Nc1ccc(C(=O)N2CCOCC2)cc1. The van der Waals surface area contributed by atoms with Gasteiger partial charge in [0.15, 0.2) is 0 Å². The van der Waals surface area contributed by atoms with Gasteiger partial charge in [-0.15, -0.1) is 0 Å². The summed E-state index contributed by atoms with van der Waals surface area (Å²) in [5, 5.41) is 2.54. The molecule has 2 rings (SSSR count). The van der Waals surface area contributed by atoms with Crippen molar-refractivity contribution in [2.75, 3.05) is 44.8 Å². The van der Waals surface area contributed by atoms with Crippen LogP contribution in [-0.2, 0) is 14.3 Å². The monoisotopic (exact) mass is 360 g/mol. The number of nitrogens with one attached hydrogen (secondary N) is 1. The lowest BCUT2D eigenvalue weighted by atomic mass is 10.1. The number of rotatable bonds is 6. The molecule has 1 aromatic carbocycles. The van der Waals surface area contributed by atoms with Crippen molar-refractivity contribution in [1.82, 2.24) is 4.90 Å². The van der Waals surface area contributed by atoms with E-state index in [0.717, 1.165) is 0 Å². The Hall–Kier alpha value is -2.13. The van der Waals surface area contributed by atoms with Gasteiger partial charge in [-0.05, 0) is 24.3 Å². The van der Waals surface area contributed by atoms with Crippen molar-refractivity contribution in [3.63, 3.8) is 0 Å². The number of hydrogen-bond acceptors (Lipinski definition) is 4. The first-order valence-electron chi connectivity index (χ1n) is 7.76. The van der Waals surface area contributed by atoms with E-state index in [0.29, 0.717) is 37.6 Å². The lowest BCUT2D eigenvalue weighted by molar-refractivity contribution is -0.174. The highest BCUT2D eigenvalue weighted by Crippen LogP contribution is 2.15. The van der Waals surface area contributed by atoms with Crippen molar-refractivity contribution in [2.45, 2.75) is 12.6 Å². The highest BCUT2D eigenvalue weighted by molar-refractivity contribution is 5.95. The maximum absolute atomic E-state index is 12.3. The van der Waals surface area contributed by atoms with E-state index in [1.165, 1.54) is 0 Å². The van der Waals surface area contributed by atoms with Crippen molar-refractivity contribution >= 4 is 17.5 Å². The molecule has 9 heteroatoms. The van der Waals surface area contributed by atoms with Crippen LogP contribution in [0.25, 0.3) is 0 Å². The van der Waals surface area contributed by atoms with Crippen LogP contribution in [0, 0.1) is 0 Å². The maximum atomic E-state index is 12.3. The minimum absolute atomic E-state index is 0.110. The first-order chi connectivity index (χ1) is 11.8. The summed E-state index contributed by atoms with van der Waals surface area (Å²) in [6.45, 7) is 0.397. The molecule has 1 saturated heterocycles. The van der Waals surface area contributed by atoms with Crippen LogP contribution in [-0.4, -0.2) is 62.4 Å². The number of ether oxygens (including phenoxy) is 2. The minimum atomic E-state index is -4.40. The molecule has 1 aliphatic rings. The molecule has 138 valence electrons. The number of benzene rings is 1. The fourth-order valence-electron chi connectivity index (χ4n) is 2.22. The van der Waals surface area contributed by atoms with Crippen molar-refractivity contribution in [2.24, 2.45) is 0 Å². The topological polar surface area (TPSA) is 67.9 Å². The smallest absolute Gasteiger partial charge is 0.378 e. The number of hydrogen-bond donors (Lipinski definition) is 1. The van der Waals surface area contributed by atoms with Crippen LogP contribution < -0.4 is 5.32 Å². The summed E-state index contributed by atoms with van der Waals surface area (Å²) in [4.78, 5) is 25.6. The second kappa shape index (κ2) is 8.82. The molecule has 1 aliphatic heterocycles. The molecule has 1 fully saturated rings. The van der Waals surface area contributed by atoms with Crippen LogP contribution in [0.2, 0.25) is 0 Å². The van der Waals surface area contributed by atoms with E-state index in [4.69, 9.17) is 4.74 Å². The van der Waals surface area contributed by atoms with Gasteiger partial charge in [-0.1, -0.05) is 0 Å². The number of nitrogens with zero attached hydrogens (tertiary/aromatic N) is 1. The maximum Gasteiger partial charge on any atom is 0.411 e. The normalized spacial score (nSPS) is 15.1. The van der Waals surface area contributed by atoms with Gasteiger partial charge in [0.25, 0.3) is 5.91 Å². The summed E-state index contributed by atoms with van der Waals surface area (Å²) >= 11 is 0. The van der Waals surface area contributed by atoms with Gasteiger partial charge in [0.1, 0.15) is 6.61 Å². The summed E-state index contributed by atoms with van der Waals surface area (Å²) in [5.41, 5.74) is 0.952. The standard InChI is InChI=1S/C16H19F3N2O4/c17-16(18,19)11-25-8-5-14(22)20-13-3-1-12(2-4-13)15(23)21-6-9-24-10-7-21/h1-4H,5-11H2,(H,20,22). The molecule has 1 aromatic rings. The summed E-state index contributed by atoms with van der Waals surface area (Å²) in [7, 11) is 0. The van der Waals surface area contributed by atoms with Gasteiger partial charge >= 0.3 is 6.18 Å². The lowest BCUT2D eigenvalue weighted by Gasteiger charge is -2.26. The second-order valence-corrected chi connectivity index (χ2v) is 5.45. The van der Waals surface area contributed by atoms with Gasteiger partial charge in [0.05, 0.1) is 26.2 Å². The Kier molecular flexibility index (Phi) is 6.77. The molecule has 0 bridgehead atoms. The van der Waals surface area contributed by atoms with E-state index in [1.54, 1.807) is 29.2 Å². The zero-order valence-corrected chi connectivity index (χ0v) is 13.5. The Morgan fingerprint density at radius 3 is 2.40 bits per heavy atom. The fraction of sp³-hybridized carbons (Fsp3) is 0.500. The van der Waals surface area contributed by atoms with Crippen LogP contribution in [0.15, 0.2) is 24.3 Å². The Morgan fingerprint density at radius 1 is 1.16 bits per heavy atom. The largest absolute Gasteiger partial charge is 0.411 e. The summed E-state index contributed by atoms with van der Waals surface area (Å²) < 4.78 is 45.3. The summed E-state index contributed by atoms with van der Waals surface area (Å²) in [6.07, 6.45) is -4.59. The molecule has 0 radical (unpaired) electrons. The molecule has 0 unspecified atom stereocenters. The number of morpholine rings is 1. The molecule has 2 amide bonds. The first kappa shape index (κ1) is 19.2. The van der Waals surface area contributed by atoms with Crippen molar-refractivity contribution in [3.8, 4) is 0 Å². The van der Waals surface area contributed by atoms with E-state index < -0.39 is 18.7 Å². The Labute approximate surface area is 142 Å². The molecular weight excluding hydrogens is 341 g/mol. The third-order valence-electron chi connectivity index (χ3n) is 3.45. The molecule has 0 aliphatic carbocycles. The molecule has 25 heavy (non-hydrogen) atoms. The molecule has 0 aromatic heterocycles. The number of halogens is 3. The van der Waals surface area contributed by atoms with Crippen LogP contribution in [0.4, 0.5) is 18.9 Å². The zero-order valence-electron chi connectivity index (χ0n) is 13.5. The molecule has 6 nitrogen and oxygen atoms in total. The molecule has 1 N–H and O–H groups in total. The number of carbonyl (C=O) groups excluding carboxylic acids is 2. The van der Waals surface area contributed by atoms with Gasteiger partial charge in [-0.25, -0.2) is 0 Å². The predicted molar refractivity (Wildman–Crippen MR) is 83.3 cm³/mol. The third-order valence-corrected chi connectivity index (χ3v) is 3.45. The van der Waals surface area contributed by atoms with Gasteiger partial charge < -0.3 is 19.7 Å². The molecule has 0 spiro atoms. The summed E-state index contributed by atoms with van der Waals surface area (Å²) in [5.74, 6) is -0.573. The fourth-order valence-corrected chi connectivity index (χ4v) is 2.22. The van der Waals surface area contributed by atoms with Crippen LogP contribution in [0.5, 0.6) is 0 Å². The average Bonchev–Trinajstić information content (AvgIpc) is 2.59. The van der Waals surface area contributed by atoms with Crippen LogP contribution in [0.3, 0.4) is 0 Å². The van der Waals surface area contributed by atoms with E-state index in [2.05, 4.69) is 10.1 Å². The van der Waals surface area contributed by atoms with E-state index in [9.17, 15) is 22.8 Å². The van der Waals surface area contributed by atoms with E-state index in [-0.39, 0.29) is 18.9 Å². The minimum Gasteiger partial charge on any atom is -0.378 e. The van der Waals surface area contributed by atoms with Crippen LogP contribution in [0.1, 0.15) is 16.8 Å². The molecule has 0 saturated carbocycles. The van der Waals surface area contributed by atoms with Crippen molar-refractivity contribution in [3.05, 3.63) is 29.8 Å². The number of carbonyl (C=O) groups is 2. The highest BCUT2D eigenvalue weighted by atomic mass is 19.4. The Balaban J connectivity index is 1.77. The van der Waals surface area contributed by atoms with Crippen molar-refractivity contribution in [1.29, 1.82) is 0 Å². The number of anilines is 1. The number of alkyl halides is 3. The van der Waals surface area contributed by atoms with Gasteiger partial charge in [0, 0.05) is 24.3 Å². The molecule has 0 atom stereocenters.